The van der Waals surface area contributed by atoms with Crippen LogP contribution in [-0.2, 0) is 0 Å². The summed E-state index contributed by atoms with van der Waals surface area (Å²) in [6.07, 6.45) is 7.94. The Morgan fingerprint density at radius 3 is 2.86 bits per heavy atom. The quantitative estimate of drug-likeness (QED) is 0.687. The summed E-state index contributed by atoms with van der Waals surface area (Å²) in [6, 6.07) is 1.17. The van der Waals surface area contributed by atoms with Gasteiger partial charge in [-0.25, -0.2) is 0 Å². The third kappa shape index (κ3) is 3.97. The Labute approximate surface area is 88.8 Å². The zero-order valence-electron chi connectivity index (χ0n) is 9.84. The van der Waals surface area contributed by atoms with Crippen molar-refractivity contribution in [1.82, 2.24) is 4.90 Å². The van der Waals surface area contributed by atoms with Crippen molar-refractivity contribution in [3.05, 3.63) is 0 Å². The van der Waals surface area contributed by atoms with Crippen LogP contribution in [0.3, 0.4) is 0 Å². The minimum atomic E-state index is 0.428. The van der Waals surface area contributed by atoms with E-state index in [4.69, 9.17) is 5.73 Å². The third-order valence-corrected chi connectivity index (χ3v) is 3.34. The molecule has 2 heteroatoms. The maximum absolute atomic E-state index is 5.98. The van der Waals surface area contributed by atoms with E-state index in [9.17, 15) is 0 Å². The second-order valence-electron chi connectivity index (χ2n) is 4.74. The van der Waals surface area contributed by atoms with Gasteiger partial charge in [-0.2, -0.15) is 0 Å². The highest BCUT2D eigenvalue weighted by atomic mass is 15.2. The van der Waals surface area contributed by atoms with Crippen LogP contribution >= 0.6 is 0 Å². The zero-order chi connectivity index (χ0) is 10.4. The average Bonchev–Trinajstić information content (AvgIpc) is 2.18. The van der Waals surface area contributed by atoms with Crippen molar-refractivity contribution >= 4 is 0 Å². The number of unbranched alkanes of at least 4 members (excludes halogenated alkanes) is 2. The molecule has 2 nitrogen and oxygen atoms in total. The minimum Gasteiger partial charge on any atom is -0.327 e. The fourth-order valence-corrected chi connectivity index (χ4v) is 2.31. The fourth-order valence-electron chi connectivity index (χ4n) is 2.31. The monoisotopic (exact) mass is 198 g/mol. The lowest BCUT2D eigenvalue weighted by Gasteiger charge is -2.35. The highest BCUT2D eigenvalue weighted by Gasteiger charge is 2.20. The van der Waals surface area contributed by atoms with Crippen LogP contribution in [-0.4, -0.2) is 30.1 Å². The zero-order valence-corrected chi connectivity index (χ0v) is 9.84. The van der Waals surface area contributed by atoms with Crippen LogP contribution < -0.4 is 5.73 Å². The molecule has 0 radical (unpaired) electrons. The summed E-state index contributed by atoms with van der Waals surface area (Å²) in [4.78, 5) is 2.57. The van der Waals surface area contributed by atoms with E-state index in [1.807, 2.05) is 0 Å². The van der Waals surface area contributed by atoms with Crippen molar-refractivity contribution in [3.8, 4) is 0 Å². The minimum absolute atomic E-state index is 0.428. The van der Waals surface area contributed by atoms with Crippen LogP contribution in [0.15, 0.2) is 0 Å². The van der Waals surface area contributed by atoms with Gasteiger partial charge in [0, 0.05) is 18.6 Å². The van der Waals surface area contributed by atoms with Gasteiger partial charge in [0.1, 0.15) is 0 Å². The molecular weight excluding hydrogens is 172 g/mol. The SMILES string of the molecule is CCCCCC(C)N1CCCC(N)C1. The number of rotatable bonds is 5. The van der Waals surface area contributed by atoms with Gasteiger partial charge in [-0.05, 0) is 32.7 Å². The van der Waals surface area contributed by atoms with Gasteiger partial charge in [-0.15, -0.1) is 0 Å². The van der Waals surface area contributed by atoms with E-state index in [1.54, 1.807) is 0 Å². The molecule has 0 bridgehead atoms. The number of likely N-dealkylation sites (tertiary alicyclic amines) is 1. The second kappa shape index (κ2) is 6.41. The van der Waals surface area contributed by atoms with Gasteiger partial charge in [0.15, 0.2) is 0 Å². The summed E-state index contributed by atoms with van der Waals surface area (Å²) in [6.45, 7) is 7.00. The van der Waals surface area contributed by atoms with Gasteiger partial charge in [0.2, 0.25) is 0 Å². The van der Waals surface area contributed by atoms with Crippen LogP contribution in [0.2, 0.25) is 0 Å². The van der Waals surface area contributed by atoms with Crippen molar-refractivity contribution < 1.29 is 0 Å². The first-order chi connectivity index (χ1) is 6.74. The number of nitrogens with zero attached hydrogens (tertiary/aromatic N) is 1. The third-order valence-electron chi connectivity index (χ3n) is 3.34. The standard InChI is InChI=1S/C12H26N2/c1-3-4-5-7-11(2)14-9-6-8-12(13)10-14/h11-12H,3-10,13H2,1-2H3. The first-order valence-electron chi connectivity index (χ1n) is 6.23. The van der Waals surface area contributed by atoms with Crippen LogP contribution in [0.25, 0.3) is 0 Å². The van der Waals surface area contributed by atoms with Gasteiger partial charge >= 0.3 is 0 Å². The van der Waals surface area contributed by atoms with Gasteiger partial charge in [0.05, 0.1) is 0 Å². The van der Waals surface area contributed by atoms with E-state index in [-0.39, 0.29) is 0 Å². The normalized spacial score (nSPS) is 26.4. The van der Waals surface area contributed by atoms with E-state index in [2.05, 4.69) is 18.7 Å². The van der Waals surface area contributed by atoms with Gasteiger partial charge < -0.3 is 5.73 Å². The number of hydrogen-bond donors (Lipinski definition) is 1. The molecule has 2 N–H and O–H groups in total. The molecule has 1 aliphatic rings. The highest BCUT2D eigenvalue weighted by molar-refractivity contribution is 4.78. The van der Waals surface area contributed by atoms with Crippen LogP contribution in [0.5, 0.6) is 0 Å². The lowest BCUT2D eigenvalue weighted by atomic mass is 10.0. The van der Waals surface area contributed by atoms with Crippen molar-refractivity contribution in [3.63, 3.8) is 0 Å². The Hall–Kier alpha value is -0.0800. The Balaban J connectivity index is 2.18. The topological polar surface area (TPSA) is 29.3 Å². The molecule has 1 rings (SSSR count). The predicted octanol–water partition coefficient (Wildman–Crippen LogP) is 2.38. The molecule has 0 aromatic rings. The fraction of sp³-hybridized carbons (Fsp3) is 1.00. The summed E-state index contributed by atoms with van der Waals surface area (Å²) < 4.78 is 0. The molecule has 14 heavy (non-hydrogen) atoms. The van der Waals surface area contributed by atoms with E-state index >= 15 is 0 Å². The Bertz CT molecular complexity index is 147. The predicted molar refractivity (Wildman–Crippen MR) is 62.4 cm³/mol. The smallest absolute Gasteiger partial charge is 0.0168 e. The van der Waals surface area contributed by atoms with Crippen molar-refractivity contribution in [1.29, 1.82) is 0 Å². The number of piperidine rings is 1. The first-order valence-corrected chi connectivity index (χ1v) is 6.23. The molecular formula is C12H26N2. The summed E-state index contributed by atoms with van der Waals surface area (Å²) >= 11 is 0. The molecule has 1 fully saturated rings. The van der Waals surface area contributed by atoms with E-state index in [0.717, 1.165) is 12.6 Å². The summed E-state index contributed by atoms with van der Waals surface area (Å²) in [5, 5.41) is 0. The van der Waals surface area contributed by atoms with Gasteiger partial charge in [-0.1, -0.05) is 26.2 Å². The van der Waals surface area contributed by atoms with Crippen molar-refractivity contribution in [2.45, 2.75) is 64.5 Å². The second-order valence-corrected chi connectivity index (χ2v) is 4.74. The van der Waals surface area contributed by atoms with Crippen molar-refractivity contribution in [2.75, 3.05) is 13.1 Å². The Kier molecular flexibility index (Phi) is 5.49. The van der Waals surface area contributed by atoms with Crippen LogP contribution in [0, 0.1) is 0 Å². The molecule has 1 saturated heterocycles. The molecule has 0 aromatic heterocycles. The maximum atomic E-state index is 5.98. The van der Waals surface area contributed by atoms with Crippen LogP contribution in [0.1, 0.15) is 52.4 Å². The molecule has 2 atom stereocenters. The van der Waals surface area contributed by atoms with Crippen molar-refractivity contribution in [2.24, 2.45) is 5.73 Å². The number of hydrogen-bond acceptors (Lipinski definition) is 2. The largest absolute Gasteiger partial charge is 0.327 e. The molecule has 0 amide bonds. The summed E-state index contributed by atoms with van der Waals surface area (Å²) in [7, 11) is 0. The van der Waals surface area contributed by atoms with E-state index in [1.165, 1.54) is 45.1 Å². The molecule has 0 aromatic carbocycles. The Morgan fingerprint density at radius 1 is 1.43 bits per heavy atom. The lowest BCUT2D eigenvalue weighted by molar-refractivity contribution is 0.150. The lowest BCUT2D eigenvalue weighted by Crippen LogP contribution is -2.46. The summed E-state index contributed by atoms with van der Waals surface area (Å²) in [5.41, 5.74) is 5.98. The molecule has 2 unspecified atom stereocenters. The number of nitrogens with two attached hydrogens (primary N) is 1. The molecule has 84 valence electrons. The molecule has 0 saturated carbocycles. The first kappa shape index (κ1) is 12.0. The van der Waals surface area contributed by atoms with E-state index in [0.29, 0.717) is 6.04 Å². The Morgan fingerprint density at radius 2 is 2.21 bits per heavy atom. The average molecular weight is 198 g/mol. The van der Waals surface area contributed by atoms with Gasteiger partial charge in [-0.3, -0.25) is 4.90 Å². The molecule has 0 aliphatic carbocycles. The molecule has 1 aliphatic heterocycles. The van der Waals surface area contributed by atoms with Crippen LogP contribution in [0.4, 0.5) is 0 Å². The molecule has 1 heterocycles. The molecule has 0 spiro atoms. The summed E-state index contributed by atoms with van der Waals surface area (Å²) in [5.74, 6) is 0. The van der Waals surface area contributed by atoms with Gasteiger partial charge in [0.25, 0.3) is 0 Å². The highest BCUT2D eigenvalue weighted by Crippen LogP contribution is 2.15. The maximum Gasteiger partial charge on any atom is 0.0168 e. The van der Waals surface area contributed by atoms with E-state index < -0.39 is 0 Å².